The molecule has 0 atom stereocenters. The van der Waals surface area contributed by atoms with Crippen molar-refractivity contribution in [2.75, 3.05) is 14.2 Å². The fourth-order valence-electron chi connectivity index (χ4n) is 2.15. The summed E-state index contributed by atoms with van der Waals surface area (Å²) < 4.78 is 10.1. The summed E-state index contributed by atoms with van der Waals surface area (Å²) in [6.07, 6.45) is 4.60. The molecule has 0 unspecified atom stereocenters. The molecule has 7 heteroatoms. The van der Waals surface area contributed by atoms with Gasteiger partial charge in [0.25, 0.3) is 0 Å². The Labute approximate surface area is 159 Å². The van der Waals surface area contributed by atoms with Crippen LogP contribution in [0.15, 0.2) is 53.4 Å². The number of rotatable bonds is 2. The highest BCUT2D eigenvalue weighted by Gasteiger charge is 2.09. The van der Waals surface area contributed by atoms with Gasteiger partial charge in [0.05, 0.1) is 30.9 Å². The van der Waals surface area contributed by atoms with Crippen molar-refractivity contribution >= 4 is 38.8 Å². The predicted octanol–water partition coefficient (Wildman–Crippen LogP) is 3.96. The van der Waals surface area contributed by atoms with Crippen molar-refractivity contribution < 1.29 is 19.1 Å². The monoisotopic (exact) mass is 416 g/mol. The highest BCUT2D eigenvalue weighted by Crippen LogP contribution is 2.24. The Hall–Kier alpha value is -2.80. The number of ether oxygens (including phenoxy) is 2. The third-order valence-electron chi connectivity index (χ3n) is 3.54. The van der Waals surface area contributed by atoms with Crippen molar-refractivity contribution in [2.45, 2.75) is 6.92 Å². The quantitative estimate of drug-likeness (QED) is 0.588. The molecular formula is C19H17BrN2O4. The van der Waals surface area contributed by atoms with E-state index in [1.54, 1.807) is 24.4 Å². The number of hydrogen-bond acceptors (Lipinski definition) is 6. The smallest absolute Gasteiger partial charge is 0.339 e. The number of aromatic nitrogens is 2. The fourth-order valence-corrected chi connectivity index (χ4v) is 2.47. The van der Waals surface area contributed by atoms with Gasteiger partial charge in [0.2, 0.25) is 0 Å². The number of hydrogen-bond donors (Lipinski definition) is 0. The summed E-state index contributed by atoms with van der Waals surface area (Å²) in [7, 11) is 2.70. The van der Waals surface area contributed by atoms with Gasteiger partial charge in [-0.2, -0.15) is 0 Å². The van der Waals surface area contributed by atoms with Crippen LogP contribution >= 0.6 is 15.9 Å². The van der Waals surface area contributed by atoms with Crippen LogP contribution in [0.4, 0.5) is 0 Å². The van der Waals surface area contributed by atoms with Gasteiger partial charge in [-0.25, -0.2) is 9.59 Å². The molecule has 26 heavy (non-hydrogen) atoms. The molecule has 1 aromatic carbocycles. The summed E-state index contributed by atoms with van der Waals surface area (Å²) in [5.41, 5.74) is 2.90. The minimum atomic E-state index is -0.366. The van der Waals surface area contributed by atoms with E-state index >= 15 is 0 Å². The van der Waals surface area contributed by atoms with Gasteiger partial charge in [-0.1, -0.05) is 22.0 Å². The van der Waals surface area contributed by atoms with E-state index in [1.165, 1.54) is 26.6 Å². The average Bonchev–Trinajstić information content (AvgIpc) is 2.70. The average molecular weight is 417 g/mol. The zero-order chi connectivity index (χ0) is 19.1. The van der Waals surface area contributed by atoms with Crippen molar-refractivity contribution in [3.05, 3.63) is 70.1 Å². The number of benzene rings is 1. The van der Waals surface area contributed by atoms with Gasteiger partial charge in [-0.3, -0.25) is 9.97 Å². The molecular weight excluding hydrogens is 400 g/mol. The molecule has 0 radical (unpaired) electrons. The molecule has 0 N–H and O–H groups in total. The maximum Gasteiger partial charge on any atom is 0.339 e. The second-order valence-electron chi connectivity index (χ2n) is 5.19. The molecule has 0 aliphatic carbocycles. The third-order valence-corrected chi connectivity index (χ3v) is 4.40. The summed E-state index contributed by atoms with van der Waals surface area (Å²) in [5.74, 6) is -0.719. The third kappa shape index (κ3) is 4.64. The normalized spacial score (nSPS) is 9.85. The summed E-state index contributed by atoms with van der Waals surface area (Å²) in [5, 5.41) is 0.934. The minimum absolute atomic E-state index is 0.354. The van der Waals surface area contributed by atoms with E-state index in [0.29, 0.717) is 11.1 Å². The van der Waals surface area contributed by atoms with Crippen LogP contribution in [-0.4, -0.2) is 36.1 Å². The van der Waals surface area contributed by atoms with E-state index in [1.807, 2.05) is 19.1 Å². The summed E-state index contributed by atoms with van der Waals surface area (Å²) >= 11 is 3.45. The van der Waals surface area contributed by atoms with Crippen LogP contribution < -0.4 is 0 Å². The first-order valence-corrected chi connectivity index (χ1v) is 8.38. The summed E-state index contributed by atoms with van der Waals surface area (Å²) in [4.78, 5) is 30.1. The first-order valence-electron chi connectivity index (χ1n) is 7.59. The van der Waals surface area contributed by atoms with E-state index in [9.17, 15) is 9.59 Å². The van der Waals surface area contributed by atoms with E-state index in [4.69, 9.17) is 0 Å². The zero-order valence-corrected chi connectivity index (χ0v) is 16.1. The van der Waals surface area contributed by atoms with Crippen LogP contribution in [0.25, 0.3) is 10.9 Å². The lowest BCUT2D eigenvalue weighted by Crippen LogP contribution is -2.01. The first-order chi connectivity index (χ1) is 12.5. The number of carbonyl (C=O) groups excluding carboxylic acids is 2. The molecule has 0 saturated heterocycles. The Morgan fingerprint density at radius 3 is 2.31 bits per heavy atom. The molecule has 3 aromatic rings. The van der Waals surface area contributed by atoms with Crippen molar-refractivity contribution in [1.82, 2.24) is 9.97 Å². The van der Waals surface area contributed by atoms with Gasteiger partial charge in [-0.15, -0.1) is 0 Å². The van der Waals surface area contributed by atoms with Crippen LogP contribution in [0.5, 0.6) is 0 Å². The van der Waals surface area contributed by atoms with Gasteiger partial charge in [0.15, 0.2) is 0 Å². The topological polar surface area (TPSA) is 78.4 Å². The number of methoxy groups -OCH3 is 2. The second kappa shape index (κ2) is 9.05. The number of pyridine rings is 2. The molecule has 3 rings (SSSR count). The molecule has 0 aliphatic heterocycles. The van der Waals surface area contributed by atoms with Crippen LogP contribution in [0, 0.1) is 6.92 Å². The van der Waals surface area contributed by atoms with Crippen LogP contribution in [0.2, 0.25) is 0 Å². The second-order valence-corrected chi connectivity index (χ2v) is 6.05. The molecule has 0 bridgehead atoms. The van der Waals surface area contributed by atoms with Crippen molar-refractivity contribution in [3.63, 3.8) is 0 Å². The SMILES string of the molecule is COC(=O)c1cccnc1.COC(=O)c1cnc2c(C)c(Br)ccc2c1. The molecule has 0 saturated carbocycles. The Bertz CT molecular complexity index is 929. The van der Waals surface area contributed by atoms with E-state index in [2.05, 4.69) is 35.4 Å². The number of fused-ring (bicyclic) bond motifs is 1. The van der Waals surface area contributed by atoms with Crippen LogP contribution in [0.3, 0.4) is 0 Å². The molecule has 134 valence electrons. The van der Waals surface area contributed by atoms with Gasteiger partial charge in [0.1, 0.15) is 0 Å². The highest BCUT2D eigenvalue weighted by molar-refractivity contribution is 9.10. The Balaban J connectivity index is 0.000000209. The largest absolute Gasteiger partial charge is 0.465 e. The van der Waals surface area contributed by atoms with Crippen LogP contribution in [-0.2, 0) is 9.47 Å². The minimum Gasteiger partial charge on any atom is -0.465 e. The lowest BCUT2D eigenvalue weighted by molar-refractivity contribution is 0.0591. The number of esters is 2. The number of carbonyl (C=O) groups is 2. The van der Waals surface area contributed by atoms with Gasteiger partial charge < -0.3 is 9.47 Å². The zero-order valence-electron chi connectivity index (χ0n) is 14.5. The molecule has 0 fully saturated rings. The molecule has 0 amide bonds. The van der Waals surface area contributed by atoms with Crippen molar-refractivity contribution in [2.24, 2.45) is 0 Å². The number of aryl methyl sites for hydroxylation is 1. The molecule has 6 nitrogen and oxygen atoms in total. The Morgan fingerprint density at radius 2 is 1.69 bits per heavy atom. The standard InChI is InChI=1S/C12H10BrNO2.C7H7NO2/c1-7-10(13)4-3-8-5-9(12(15)16-2)6-14-11(7)8;1-10-7(9)6-3-2-4-8-5-6/h3-6H,1-2H3;2-5H,1H3. The maximum atomic E-state index is 11.3. The first kappa shape index (κ1) is 19.5. The van der Waals surface area contributed by atoms with E-state index in [-0.39, 0.29) is 11.9 Å². The molecule has 0 aliphatic rings. The maximum absolute atomic E-state index is 11.3. The Morgan fingerprint density at radius 1 is 1.00 bits per heavy atom. The number of nitrogens with zero attached hydrogens (tertiary/aromatic N) is 2. The Kier molecular flexibility index (Phi) is 6.80. The van der Waals surface area contributed by atoms with Gasteiger partial charge >= 0.3 is 11.9 Å². The lowest BCUT2D eigenvalue weighted by Gasteiger charge is -2.05. The fraction of sp³-hybridized carbons (Fsp3) is 0.158. The number of halogens is 1. The van der Waals surface area contributed by atoms with Gasteiger partial charge in [-0.05, 0) is 36.8 Å². The molecule has 2 heterocycles. The van der Waals surface area contributed by atoms with Gasteiger partial charge in [0, 0.05) is 28.4 Å². The predicted molar refractivity (Wildman–Crippen MR) is 101 cm³/mol. The lowest BCUT2D eigenvalue weighted by atomic mass is 10.1. The van der Waals surface area contributed by atoms with Crippen LogP contribution in [0.1, 0.15) is 26.3 Å². The van der Waals surface area contributed by atoms with E-state index in [0.717, 1.165) is 20.9 Å². The summed E-state index contributed by atoms with van der Waals surface area (Å²) in [6, 6.07) is 8.99. The van der Waals surface area contributed by atoms with E-state index < -0.39 is 0 Å². The molecule has 2 aromatic heterocycles. The van der Waals surface area contributed by atoms with Crippen molar-refractivity contribution in [1.29, 1.82) is 0 Å². The summed E-state index contributed by atoms with van der Waals surface area (Å²) in [6.45, 7) is 1.98. The van der Waals surface area contributed by atoms with Crippen molar-refractivity contribution in [3.8, 4) is 0 Å². The molecule has 0 spiro atoms. The highest BCUT2D eigenvalue weighted by atomic mass is 79.9.